The number of hydrogen-bond donors (Lipinski definition) is 2. The molecule has 0 saturated carbocycles. The van der Waals surface area contributed by atoms with Crippen molar-refractivity contribution in [3.63, 3.8) is 0 Å². The maximum Gasteiger partial charge on any atom is 0.115 e. The van der Waals surface area contributed by atoms with Crippen LogP contribution in [0.2, 0.25) is 0 Å². The largest absolute Gasteiger partial charge is 0.508 e. The van der Waals surface area contributed by atoms with Crippen molar-refractivity contribution in [2.24, 2.45) is 0 Å². The van der Waals surface area contributed by atoms with Crippen LogP contribution in [0.1, 0.15) is 11.1 Å². The molecule has 3 nitrogen and oxygen atoms in total. The second-order valence-electron chi connectivity index (χ2n) is 5.04. The Bertz CT molecular complexity index is 731. The van der Waals surface area contributed by atoms with Gasteiger partial charge in [-0.05, 0) is 47.8 Å². The second-order valence-corrected chi connectivity index (χ2v) is 5.04. The van der Waals surface area contributed by atoms with Crippen LogP contribution in [0.4, 0.5) is 0 Å². The maximum atomic E-state index is 9.55. The highest BCUT2D eigenvalue weighted by Crippen LogP contribution is 2.20. The summed E-state index contributed by atoms with van der Waals surface area (Å²) >= 11 is 0. The lowest BCUT2D eigenvalue weighted by Gasteiger charge is -2.08. The van der Waals surface area contributed by atoms with Crippen LogP contribution in [-0.2, 0) is 13.1 Å². The zero-order valence-electron chi connectivity index (χ0n) is 11.5. The molecule has 0 unspecified atom stereocenters. The number of phenolic OH excluding ortho intramolecular Hbond substituents is 1. The van der Waals surface area contributed by atoms with Crippen molar-refractivity contribution in [2.75, 3.05) is 7.05 Å². The van der Waals surface area contributed by atoms with Gasteiger partial charge in [-0.2, -0.15) is 0 Å². The number of fused-ring (bicyclic) bond motifs is 1. The van der Waals surface area contributed by atoms with E-state index in [-0.39, 0.29) is 0 Å². The van der Waals surface area contributed by atoms with E-state index in [4.69, 9.17) is 0 Å². The molecule has 0 fully saturated rings. The predicted molar refractivity (Wildman–Crippen MR) is 81.9 cm³/mol. The molecule has 20 heavy (non-hydrogen) atoms. The molecule has 3 aromatic rings. The molecular weight excluding hydrogens is 248 g/mol. The van der Waals surface area contributed by atoms with E-state index in [1.807, 2.05) is 25.2 Å². The summed E-state index contributed by atoms with van der Waals surface area (Å²) in [7, 11) is 1.95. The number of benzene rings is 2. The molecule has 0 spiro atoms. The molecule has 3 rings (SSSR count). The Morgan fingerprint density at radius 3 is 2.75 bits per heavy atom. The SMILES string of the molecule is CNCc1ccc2ccn(Cc3cccc(O)c3)c2c1. The van der Waals surface area contributed by atoms with Crippen molar-refractivity contribution < 1.29 is 5.11 Å². The highest BCUT2D eigenvalue weighted by molar-refractivity contribution is 5.81. The molecule has 3 heteroatoms. The summed E-state index contributed by atoms with van der Waals surface area (Å²) in [6, 6.07) is 16.1. The number of hydrogen-bond acceptors (Lipinski definition) is 2. The van der Waals surface area contributed by atoms with Crippen molar-refractivity contribution in [2.45, 2.75) is 13.1 Å². The molecule has 0 amide bonds. The van der Waals surface area contributed by atoms with E-state index in [9.17, 15) is 5.11 Å². The van der Waals surface area contributed by atoms with E-state index in [1.165, 1.54) is 16.5 Å². The molecule has 0 radical (unpaired) electrons. The van der Waals surface area contributed by atoms with Crippen LogP contribution in [0.3, 0.4) is 0 Å². The first-order chi connectivity index (χ1) is 9.76. The monoisotopic (exact) mass is 266 g/mol. The highest BCUT2D eigenvalue weighted by Gasteiger charge is 2.03. The lowest BCUT2D eigenvalue weighted by Crippen LogP contribution is -2.05. The minimum Gasteiger partial charge on any atom is -0.508 e. The van der Waals surface area contributed by atoms with Crippen LogP contribution in [0.25, 0.3) is 10.9 Å². The molecule has 1 heterocycles. The lowest BCUT2D eigenvalue weighted by molar-refractivity contribution is 0.474. The summed E-state index contributed by atoms with van der Waals surface area (Å²) in [6.45, 7) is 1.63. The highest BCUT2D eigenvalue weighted by atomic mass is 16.3. The van der Waals surface area contributed by atoms with Gasteiger partial charge >= 0.3 is 0 Å². The van der Waals surface area contributed by atoms with Gasteiger partial charge in [-0.3, -0.25) is 0 Å². The fourth-order valence-electron chi connectivity index (χ4n) is 2.53. The number of nitrogens with zero attached hydrogens (tertiary/aromatic N) is 1. The third-order valence-electron chi connectivity index (χ3n) is 3.48. The Hall–Kier alpha value is -2.26. The van der Waals surface area contributed by atoms with Gasteiger partial charge in [0.2, 0.25) is 0 Å². The van der Waals surface area contributed by atoms with Crippen molar-refractivity contribution in [1.82, 2.24) is 9.88 Å². The quantitative estimate of drug-likeness (QED) is 0.761. The molecule has 0 aliphatic heterocycles. The third kappa shape index (κ3) is 2.53. The first-order valence-electron chi connectivity index (χ1n) is 6.76. The van der Waals surface area contributed by atoms with E-state index in [0.29, 0.717) is 5.75 Å². The van der Waals surface area contributed by atoms with Crippen LogP contribution in [0.15, 0.2) is 54.7 Å². The number of rotatable bonds is 4. The van der Waals surface area contributed by atoms with E-state index in [0.717, 1.165) is 18.7 Å². The Morgan fingerprint density at radius 2 is 1.95 bits per heavy atom. The predicted octanol–water partition coefficient (Wildman–Crippen LogP) is 3.11. The van der Waals surface area contributed by atoms with E-state index >= 15 is 0 Å². The Balaban J connectivity index is 1.96. The molecule has 0 aliphatic carbocycles. The minimum atomic E-state index is 0.315. The van der Waals surface area contributed by atoms with Gasteiger partial charge in [0.25, 0.3) is 0 Å². The summed E-state index contributed by atoms with van der Waals surface area (Å²) in [4.78, 5) is 0. The fourth-order valence-corrected chi connectivity index (χ4v) is 2.53. The molecular formula is C17H18N2O. The van der Waals surface area contributed by atoms with E-state index < -0.39 is 0 Å². The number of aromatic nitrogens is 1. The smallest absolute Gasteiger partial charge is 0.115 e. The van der Waals surface area contributed by atoms with Gasteiger partial charge < -0.3 is 15.0 Å². The first kappa shape index (κ1) is 12.8. The van der Waals surface area contributed by atoms with Gasteiger partial charge in [-0.25, -0.2) is 0 Å². The summed E-state index contributed by atoms with van der Waals surface area (Å²) in [5.41, 5.74) is 3.60. The topological polar surface area (TPSA) is 37.2 Å². The van der Waals surface area contributed by atoms with Crippen LogP contribution >= 0.6 is 0 Å². The van der Waals surface area contributed by atoms with Crippen LogP contribution in [0.5, 0.6) is 5.75 Å². The summed E-state index contributed by atoms with van der Waals surface area (Å²) in [6.07, 6.45) is 2.10. The van der Waals surface area contributed by atoms with Crippen molar-refractivity contribution in [1.29, 1.82) is 0 Å². The summed E-state index contributed by atoms with van der Waals surface area (Å²) in [5.74, 6) is 0.315. The van der Waals surface area contributed by atoms with Gasteiger partial charge in [0.15, 0.2) is 0 Å². The molecule has 2 aromatic carbocycles. The van der Waals surface area contributed by atoms with Gasteiger partial charge in [-0.15, -0.1) is 0 Å². The third-order valence-corrected chi connectivity index (χ3v) is 3.48. The molecule has 102 valence electrons. The van der Waals surface area contributed by atoms with Gasteiger partial charge in [0.1, 0.15) is 5.75 Å². The second kappa shape index (κ2) is 5.39. The Kier molecular flexibility index (Phi) is 3.44. The zero-order chi connectivity index (χ0) is 13.9. The molecule has 0 aliphatic rings. The average molecular weight is 266 g/mol. The van der Waals surface area contributed by atoms with Crippen molar-refractivity contribution in [3.05, 3.63) is 65.9 Å². The Morgan fingerprint density at radius 1 is 1.05 bits per heavy atom. The number of aromatic hydroxyl groups is 1. The fraction of sp³-hybridized carbons (Fsp3) is 0.176. The van der Waals surface area contributed by atoms with Crippen LogP contribution < -0.4 is 5.32 Å². The average Bonchev–Trinajstić information content (AvgIpc) is 2.82. The van der Waals surface area contributed by atoms with Crippen molar-refractivity contribution >= 4 is 10.9 Å². The first-order valence-corrected chi connectivity index (χ1v) is 6.76. The molecule has 0 saturated heterocycles. The normalized spacial score (nSPS) is 11.1. The molecule has 1 aromatic heterocycles. The number of phenols is 1. The lowest BCUT2D eigenvalue weighted by atomic mass is 10.1. The van der Waals surface area contributed by atoms with Gasteiger partial charge in [0.05, 0.1) is 0 Å². The molecule has 0 bridgehead atoms. The van der Waals surface area contributed by atoms with Gasteiger partial charge in [0, 0.05) is 24.8 Å². The Labute approximate surface area is 118 Å². The number of nitrogens with one attached hydrogen (secondary N) is 1. The van der Waals surface area contributed by atoms with Gasteiger partial charge in [-0.1, -0.05) is 24.3 Å². The van der Waals surface area contributed by atoms with Crippen LogP contribution in [-0.4, -0.2) is 16.7 Å². The molecule has 2 N–H and O–H groups in total. The van der Waals surface area contributed by atoms with E-state index in [2.05, 4.69) is 40.3 Å². The molecule has 0 atom stereocenters. The van der Waals surface area contributed by atoms with Crippen molar-refractivity contribution in [3.8, 4) is 5.75 Å². The standard InChI is InChI=1S/C17H18N2O/c1-18-11-13-5-6-15-7-8-19(17(15)10-13)12-14-3-2-4-16(20)9-14/h2-10,18,20H,11-12H2,1H3. The minimum absolute atomic E-state index is 0.315. The summed E-state index contributed by atoms with van der Waals surface area (Å²) < 4.78 is 2.21. The van der Waals surface area contributed by atoms with E-state index in [1.54, 1.807) is 6.07 Å². The zero-order valence-corrected chi connectivity index (χ0v) is 11.5. The summed E-state index contributed by atoms with van der Waals surface area (Å²) in [5, 5.41) is 14.0. The van der Waals surface area contributed by atoms with Crippen LogP contribution in [0, 0.1) is 0 Å². The maximum absolute atomic E-state index is 9.55.